The summed E-state index contributed by atoms with van der Waals surface area (Å²) < 4.78 is 30.1. The Hall–Kier alpha value is -2.35. The molecule has 2 heterocycles. The number of benzene rings is 1. The molecule has 146 valence electrons. The SMILES string of the molecule is COc1c(-c2cnn(CCS(C)(=O)=O)c2)ccc2c1CCC(C)N2C(C)=O. The van der Waals surface area contributed by atoms with E-state index in [1.165, 1.54) is 6.26 Å². The number of fused-ring (bicyclic) bond motifs is 1. The lowest BCUT2D eigenvalue weighted by Gasteiger charge is -2.35. The van der Waals surface area contributed by atoms with Crippen LogP contribution in [-0.2, 0) is 27.6 Å². The van der Waals surface area contributed by atoms with Gasteiger partial charge < -0.3 is 9.64 Å². The molecule has 0 bridgehead atoms. The molecule has 0 aliphatic carbocycles. The van der Waals surface area contributed by atoms with Crippen molar-refractivity contribution in [3.63, 3.8) is 0 Å². The first-order valence-corrected chi connectivity index (χ1v) is 11.0. The van der Waals surface area contributed by atoms with E-state index in [0.717, 1.165) is 41.0 Å². The van der Waals surface area contributed by atoms with Crippen molar-refractivity contribution in [3.05, 3.63) is 30.1 Å². The first-order chi connectivity index (χ1) is 12.7. The highest BCUT2D eigenvalue weighted by Crippen LogP contribution is 2.42. The molecule has 1 aromatic heterocycles. The number of nitrogens with zero attached hydrogens (tertiary/aromatic N) is 3. The van der Waals surface area contributed by atoms with Gasteiger partial charge in [0.15, 0.2) is 0 Å². The molecule has 1 amide bonds. The number of anilines is 1. The van der Waals surface area contributed by atoms with Crippen LogP contribution in [0.25, 0.3) is 11.1 Å². The number of amides is 1. The summed E-state index contributed by atoms with van der Waals surface area (Å²) in [5.41, 5.74) is 3.66. The Balaban J connectivity index is 1.99. The van der Waals surface area contributed by atoms with E-state index in [4.69, 9.17) is 4.74 Å². The molecule has 2 aromatic rings. The maximum absolute atomic E-state index is 12.1. The van der Waals surface area contributed by atoms with Crippen molar-refractivity contribution in [2.24, 2.45) is 0 Å². The van der Waals surface area contributed by atoms with Gasteiger partial charge in [-0.15, -0.1) is 0 Å². The number of aryl methyl sites for hydroxylation is 1. The number of carbonyl (C=O) groups excluding carboxylic acids is 1. The largest absolute Gasteiger partial charge is 0.496 e. The van der Waals surface area contributed by atoms with Crippen molar-refractivity contribution < 1.29 is 17.9 Å². The summed E-state index contributed by atoms with van der Waals surface area (Å²) in [6.07, 6.45) is 6.45. The summed E-state index contributed by atoms with van der Waals surface area (Å²) >= 11 is 0. The van der Waals surface area contributed by atoms with Crippen LogP contribution >= 0.6 is 0 Å². The molecule has 0 saturated heterocycles. The Morgan fingerprint density at radius 1 is 1.37 bits per heavy atom. The van der Waals surface area contributed by atoms with E-state index in [0.29, 0.717) is 6.54 Å². The van der Waals surface area contributed by atoms with Crippen LogP contribution in [0.3, 0.4) is 0 Å². The molecule has 1 aromatic carbocycles. The van der Waals surface area contributed by atoms with Crippen molar-refractivity contribution in [1.29, 1.82) is 0 Å². The van der Waals surface area contributed by atoms with E-state index in [9.17, 15) is 13.2 Å². The van der Waals surface area contributed by atoms with Crippen LogP contribution in [0.2, 0.25) is 0 Å². The minimum Gasteiger partial charge on any atom is -0.496 e. The van der Waals surface area contributed by atoms with Gasteiger partial charge in [0.25, 0.3) is 0 Å². The molecular formula is C19H25N3O4S. The topological polar surface area (TPSA) is 81.5 Å². The van der Waals surface area contributed by atoms with Crippen molar-refractivity contribution in [3.8, 4) is 16.9 Å². The van der Waals surface area contributed by atoms with Crippen LogP contribution in [0, 0.1) is 0 Å². The minimum absolute atomic E-state index is 0.0202. The number of sulfone groups is 1. The molecule has 1 aliphatic heterocycles. The van der Waals surface area contributed by atoms with E-state index in [1.54, 1.807) is 24.9 Å². The lowest BCUT2D eigenvalue weighted by Crippen LogP contribution is -2.40. The third-order valence-electron chi connectivity index (χ3n) is 4.93. The monoisotopic (exact) mass is 391 g/mol. The van der Waals surface area contributed by atoms with Gasteiger partial charge in [-0.25, -0.2) is 8.42 Å². The van der Waals surface area contributed by atoms with Crippen molar-refractivity contribution >= 4 is 21.4 Å². The number of hydrogen-bond acceptors (Lipinski definition) is 5. The van der Waals surface area contributed by atoms with Crippen LogP contribution in [0.4, 0.5) is 5.69 Å². The van der Waals surface area contributed by atoms with Crippen molar-refractivity contribution in [2.45, 2.75) is 39.3 Å². The highest BCUT2D eigenvalue weighted by molar-refractivity contribution is 7.90. The van der Waals surface area contributed by atoms with E-state index in [2.05, 4.69) is 12.0 Å². The Labute approximate surface area is 159 Å². The Morgan fingerprint density at radius 2 is 2.11 bits per heavy atom. The standard InChI is InChI=1S/C19H25N3O4S/c1-13-5-6-17-18(22(13)14(2)23)8-7-16(19(17)26-3)15-11-20-21(12-15)9-10-27(4,24)25/h7-8,11-13H,5-6,9-10H2,1-4H3. The first-order valence-electron chi connectivity index (χ1n) is 8.91. The summed E-state index contributed by atoms with van der Waals surface area (Å²) in [6.45, 7) is 3.94. The van der Waals surface area contributed by atoms with Gasteiger partial charge in [0, 0.05) is 42.1 Å². The Kier molecular flexibility index (Phi) is 5.28. The fraction of sp³-hybridized carbons (Fsp3) is 0.474. The quantitative estimate of drug-likeness (QED) is 0.781. The molecular weight excluding hydrogens is 366 g/mol. The predicted molar refractivity (Wildman–Crippen MR) is 105 cm³/mol. The van der Waals surface area contributed by atoms with Gasteiger partial charge in [-0.3, -0.25) is 9.48 Å². The number of ether oxygens (including phenoxy) is 1. The van der Waals surface area contributed by atoms with Crippen LogP contribution in [0.1, 0.15) is 25.8 Å². The van der Waals surface area contributed by atoms with Crippen molar-refractivity contribution in [1.82, 2.24) is 9.78 Å². The Morgan fingerprint density at radius 3 is 2.74 bits per heavy atom. The van der Waals surface area contributed by atoms with Crippen molar-refractivity contribution in [2.75, 3.05) is 24.0 Å². The third kappa shape index (κ3) is 4.00. The fourth-order valence-corrected chi connectivity index (χ4v) is 4.15. The number of rotatable bonds is 5. The summed E-state index contributed by atoms with van der Waals surface area (Å²) in [6, 6.07) is 4.05. The van der Waals surface area contributed by atoms with Crippen LogP contribution < -0.4 is 9.64 Å². The smallest absolute Gasteiger partial charge is 0.224 e. The number of hydrogen-bond donors (Lipinski definition) is 0. The number of carbonyl (C=O) groups is 1. The fourth-order valence-electron chi connectivity index (χ4n) is 3.63. The van der Waals surface area contributed by atoms with Gasteiger partial charge in [0.05, 0.1) is 31.3 Å². The Bertz CT molecular complexity index is 965. The summed E-state index contributed by atoms with van der Waals surface area (Å²) in [5.74, 6) is 0.807. The van der Waals surface area contributed by atoms with Crippen LogP contribution in [0.15, 0.2) is 24.5 Å². The molecule has 0 N–H and O–H groups in total. The maximum atomic E-state index is 12.1. The lowest BCUT2D eigenvalue weighted by atomic mass is 9.92. The summed E-state index contributed by atoms with van der Waals surface area (Å²) in [5, 5.41) is 4.27. The van der Waals surface area contributed by atoms with Crippen LogP contribution in [-0.4, -0.2) is 49.3 Å². The van der Waals surface area contributed by atoms with Gasteiger partial charge in [0.1, 0.15) is 15.6 Å². The van der Waals surface area contributed by atoms with Gasteiger partial charge in [-0.1, -0.05) is 0 Å². The van der Waals surface area contributed by atoms with E-state index in [1.807, 2.05) is 23.2 Å². The molecule has 1 atom stereocenters. The summed E-state index contributed by atoms with van der Waals surface area (Å²) in [4.78, 5) is 13.9. The molecule has 1 unspecified atom stereocenters. The maximum Gasteiger partial charge on any atom is 0.224 e. The third-order valence-corrected chi connectivity index (χ3v) is 5.85. The molecule has 0 spiro atoms. The average Bonchev–Trinajstić information content (AvgIpc) is 3.06. The van der Waals surface area contributed by atoms with E-state index >= 15 is 0 Å². The predicted octanol–water partition coefficient (Wildman–Crippen LogP) is 2.29. The molecule has 0 fully saturated rings. The van der Waals surface area contributed by atoms with E-state index < -0.39 is 9.84 Å². The zero-order valence-electron chi connectivity index (χ0n) is 16.1. The first kappa shape index (κ1) is 19.4. The second-order valence-electron chi connectivity index (χ2n) is 7.04. The van der Waals surface area contributed by atoms with Gasteiger partial charge >= 0.3 is 0 Å². The minimum atomic E-state index is -3.05. The highest BCUT2D eigenvalue weighted by atomic mass is 32.2. The molecule has 3 rings (SSSR count). The van der Waals surface area contributed by atoms with E-state index in [-0.39, 0.29) is 17.7 Å². The average molecular weight is 391 g/mol. The second-order valence-corrected chi connectivity index (χ2v) is 9.30. The van der Waals surface area contributed by atoms with Gasteiger partial charge in [0.2, 0.25) is 5.91 Å². The van der Waals surface area contributed by atoms with Gasteiger partial charge in [-0.05, 0) is 31.9 Å². The van der Waals surface area contributed by atoms with Gasteiger partial charge in [-0.2, -0.15) is 5.10 Å². The summed E-state index contributed by atoms with van der Waals surface area (Å²) in [7, 11) is -1.42. The molecule has 0 radical (unpaired) electrons. The molecule has 7 nitrogen and oxygen atoms in total. The normalized spacial score (nSPS) is 16.9. The molecule has 27 heavy (non-hydrogen) atoms. The highest BCUT2D eigenvalue weighted by Gasteiger charge is 2.29. The number of methoxy groups -OCH3 is 1. The number of aromatic nitrogens is 2. The second kappa shape index (κ2) is 7.34. The molecule has 8 heteroatoms. The zero-order valence-corrected chi connectivity index (χ0v) is 16.9. The van der Waals surface area contributed by atoms with Crippen LogP contribution in [0.5, 0.6) is 5.75 Å². The molecule has 0 saturated carbocycles. The molecule has 1 aliphatic rings. The lowest BCUT2D eigenvalue weighted by molar-refractivity contribution is -0.117. The zero-order chi connectivity index (χ0) is 19.8.